The van der Waals surface area contributed by atoms with E-state index in [1.165, 1.54) is 5.69 Å². The molecule has 0 saturated heterocycles. The lowest BCUT2D eigenvalue weighted by atomic mass is 10.2. The van der Waals surface area contributed by atoms with E-state index in [4.69, 9.17) is 5.73 Å². The van der Waals surface area contributed by atoms with Crippen LogP contribution in [0.5, 0.6) is 0 Å². The molecule has 0 bridgehead atoms. The minimum absolute atomic E-state index is 0.0530. The van der Waals surface area contributed by atoms with Gasteiger partial charge in [0, 0.05) is 36.6 Å². The number of carbonyl (C=O) groups is 1. The third kappa shape index (κ3) is 4.52. The zero-order valence-electron chi connectivity index (χ0n) is 13.0. The van der Waals surface area contributed by atoms with Crippen LogP contribution in [0.2, 0.25) is 0 Å². The topological polar surface area (TPSA) is 58.4 Å². The first-order chi connectivity index (χ1) is 10.7. The first-order valence-corrected chi connectivity index (χ1v) is 7.64. The summed E-state index contributed by atoms with van der Waals surface area (Å²) in [6.07, 6.45) is 0.906. The molecule has 0 spiro atoms. The van der Waals surface area contributed by atoms with Crippen molar-refractivity contribution in [2.24, 2.45) is 0 Å². The number of anilines is 2. The Labute approximate surface area is 131 Å². The van der Waals surface area contributed by atoms with Crippen molar-refractivity contribution in [3.05, 3.63) is 60.2 Å². The van der Waals surface area contributed by atoms with Gasteiger partial charge in [0.05, 0.1) is 0 Å². The molecular weight excluding hydrogens is 274 g/mol. The maximum atomic E-state index is 12.0. The highest BCUT2D eigenvalue weighted by atomic mass is 16.1. The molecule has 2 rings (SSSR count). The summed E-state index contributed by atoms with van der Waals surface area (Å²) >= 11 is 0. The van der Waals surface area contributed by atoms with E-state index in [2.05, 4.69) is 29.3 Å². The molecule has 116 valence electrons. The minimum atomic E-state index is -0.0530. The summed E-state index contributed by atoms with van der Waals surface area (Å²) in [5.74, 6) is -0.0530. The third-order valence-electron chi connectivity index (χ3n) is 3.57. The number of hydrogen-bond acceptors (Lipinski definition) is 3. The second-order valence-electron chi connectivity index (χ2n) is 5.15. The summed E-state index contributed by atoms with van der Waals surface area (Å²) in [6.45, 7) is 4.67. The molecule has 4 heteroatoms. The number of benzene rings is 2. The lowest BCUT2D eigenvalue weighted by Gasteiger charge is -2.23. The average molecular weight is 297 g/mol. The van der Waals surface area contributed by atoms with Gasteiger partial charge in [0.2, 0.25) is 0 Å². The minimum Gasteiger partial charge on any atom is -0.399 e. The molecule has 4 nitrogen and oxygen atoms in total. The Bertz CT molecular complexity index is 581. The summed E-state index contributed by atoms with van der Waals surface area (Å²) in [5.41, 5.74) is 8.14. The van der Waals surface area contributed by atoms with Gasteiger partial charge in [-0.05, 0) is 49.7 Å². The van der Waals surface area contributed by atoms with Gasteiger partial charge in [-0.15, -0.1) is 0 Å². The van der Waals surface area contributed by atoms with Crippen molar-refractivity contribution in [3.8, 4) is 0 Å². The van der Waals surface area contributed by atoms with E-state index in [-0.39, 0.29) is 5.91 Å². The van der Waals surface area contributed by atoms with Crippen LogP contribution < -0.4 is 16.0 Å². The fraction of sp³-hybridized carbons (Fsp3) is 0.278. The second kappa shape index (κ2) is 8.08. The first kappa shape index (κ1) is 15.9. The summed E-state index contributed by atoms with van der Waals surface area (Å²) in [6, 6.07) is 17.3. The Morgan fingerprint density at radius 2 is 1.77 bits per heavy atom. The molecule has 22 heavy (non-hydrogen) atoms. The Balaban J connectivity index is 1.76. The molecule has 1 amide bonds. The number of nitrogens with two attached hydrogens (primary N) is 1. The molecule has 0 radical (unpaired) electrons. The van der Waals surface area contributed by atoms with Crippen LogP contribution in [0.4, 0.5) is 11.4 Å². The number of nitrogens with one attached hydrogen (secondary N) is 1. The van der Waals surface area contributed by atoms with Crippen LogP contribution in [0.1, 0.15) is 23.7 Å². The molecule has 0 fully saturated rings. The maximum Gasteiger partial charge on any atom is 0.251 e. The molecule has 3 N–H and O–H groups in total. The van der Waals surface area contributed by atoms with Crippen LogP contribution in [0.3, 0.4) is 0 Å². The summed E-state index contributed by atoms with van der Waals surface area (Å²) < 4.78 is 0. The molecule has 2 aromatic carbocycles. The lowest BCUT2D eigenvalue weighted by Crippen LogP contribution is -2.29. The number of para-hydroxylation sites is 1. The van der Waals surface area contributed by atoms with Gasteiger partial charge in [-0.25, -0.2) is 0 Å². The van der Waals surface area contributed by atoms with E-state index in [1.54, 1.807) is 24.3 Å². The zero-order valence-corrected chi connectivity index (χ0v) is 13.0. The normalized spacial score (nSPS) is 10.2. The Morgan fingerprint density at radius 3 is 2.41 bits per heavy atom. The monoisotopic (exact) mass is 297 g/mol. The molecule has 0 aromatic heterocycles. The third-order valence-corrected chi connectivity index (χ3v) is 3.57. The highest BCUT2D eigenvalue weighted by Gasteiger charge is 2.06. The summed E-state index contributed by atoms with van der Waals surface area (Å²) in [4.78, 5) is 14.3. The van der Waals surface area contributed by atoms with Crippen LogP contribution >= 0.6 is 0 Å². The highest BCUT2D eigenvalue weighted by molar-refractivity contribution is 5.94. The van der Waals surface area contributed by atoms with Gasteiger partial charge in [0.15, 0.2) is 0 Å². The van der Waals surface area contributed by atoms with E-state index in [0.29, 0.717) is 17.8 Å². The highest BCUT2D eigenvalue weighted by Crippen LogP contribution is 2.12. The van der Waals surface area contributed by atoms with Gasteiger partial charge in [-0.1, -0.05) is 18.2 Å². The quantitative estimate of drug-likeness (QED) is 0.610. The first-order valence-electron chi connectivity index (χ1n) is 7.64. The predicted octanol–water partition coefficient (Wildman–Crippen LogP) is 2.92. The predicted molar refractivity (Wildman–Crippen MR) is 92.1 cm³/mol. The molecule has 0 saturated carbocycles. The van der Waals surface area contributed by atoms with E-state index in [0.717, 1.165) is 19.5 Å². The van der Waals surface area contributed by atoms with Crippen molar-refractivity contribution in [1.29, 1.82) is 0 Å². The van der Waals surface area contributed by atoms with Crippen LogP contribution in [-0.4, -0.2) is 25.5 Å². The van der Waals surface area contributed by atoms with Crippen molar-refractivity contribution in [2.45, 2.75) is 13.3 Å². The number of rotatable bonds is 7. The van der Waals surface area contributed by atoms with Crippen LogP contribution in [-0.2, 0) is 0 Å². The molecular formula is C18H23N3O. The fourth-order valence-corrected chi connectivity index (χ4v) is 2.32. The molecule has 0 heterocycles. The van der Waals surface area contributed by atoms with Crippen molar-refractivity contribution in [2.75, 3.05) is 30.3 Å². The standard InChI is InChI=1S/C18H23N3O/c1-2-21(17-7-4-3-5-8-17)14-6-13-20-18(22)15-9-11-16(19)12-10-15/h3-5,7-12H,2,6,13-14,19H2,1H3,(H,20,22). The largest absolute Gasteiger partial charge is 0.399 e. The number of carbonyl (C=O) groups excluding carboxylic acids is 1. The van der Waals surface area contributed by atoms with Gasteiger partial charge in [0.1, 0.15) is 0 Å². The van der Waals surface area contributed by atoms with Crippen molar-refractivity contribution in [3.63, 3.8) is 0 Å². The molecule has 0 aliphatic carbocycles. The van der Waals surface area contributed by atoms with E-state index in [9.17, 15) is 4.79 Å². The van der Waals surface area contributed by atoms with Crippen LogP contribution in [0.15, 0.2) is 54.6 Å². The average Bonchev–Trinajstić information content (AvgIpc) is 2.56. The number of hydrogen-bond donors (Lipinski definition) is 2. The van der Waals surface area contributed by atoms with Crippen LogP contribution in [0, 0.1) is 0 Å². The van der Waals surface area contributed by atoms with E-state index < -0.39 is 0 Å². The van der Waals surface area contributed by atoms with Gasteiger partial charge < -0.3 is 16.0 Å². The van der Waals surface area contributed by atoms with Gasteiger partial charge >= 0.3 is 0 Å². The number of amides is 1. The van der Waals surface area contributed by atoms with Gasteiger partial charge in [0.25, 0.3) is 5.91 Å². The van der Waals surface area contributed by atoms with Gasteiger partial charge in [-0.2, -0.15) is 0 Å². The smallest absolute Gasteiger partial charge is 0.251 e. The summed E-state index contributed by atoms with van der Waals surface area (Å²) in [5, 5.41) is 2.94. The second-order valence-corrected chi connectivity index (χ2v) is 5.15. The van der Waals surface area contributed by atoms with E-state index in [1.807, 2.05) is 18.2 Å². The maximum absolute atomic E-state index is 12.0. The fourth-order valence-electron chi connectivity index (χ4n) is 2.32. The van der Waals surface area contributed by atoms with Gasteiger partial charge in [-0.3, -0.25) is 4.79 Å². The number of nitrogens with zero attached hydrogens (tertiary/aromatic N) is 1. The van der Waals surface area contributed by atoms with Crippen molar-refractivity contribution in [1.82, 2.24) is 5.32 Å². The Kier molecular flexibility index (Phi) is 5.83. The number of nitrogen functional groups attached to an aromatic ring is 1. The van der Waals surface area contributed by atoms with Crippen molar-refractivity contribution >= 4 is 17.3 Å². The van der Waals surface area contributed by atoms with Crippen LogP contribution in [0.25, 0.3) is 0 Å². The Morgan fingerprint density at radius 1 is 1.09 bits per heavy atom. The molecule has 0 atom stereocenters. The van der Waals surface area contributed by atoms with E-state index >= 15 is 0 Å². The zero-order chi connectivity index (χ0) is 15.8. The summed E-state index contributed by atoms with van der Waals surface area (Å²) in [7, 11) is 0. The Hall–Kier alpha value is -2.49. The lowest BCUT2D eigenvalue weighted by molar-refractivity contribution is 0.0953. The van der Waals surface area contributed by atoms with Crippen molar-refractivity contribution < 1.29 is 4.79 Å². The molecule has 2 aromatic rings. The molecule has 0 aliphatic rings. The molecule has 0 unspecified atom stereocenters. The molecule has 0 aliphatic heterocycles. The SMILES string of the molecule is CCN(CCCNC(=O)c1ccc(N)cc1)c1ccccc1.